The lowest BCUT2D eigenvalue weighted by atomic mass is 10.1. The fourth-order valence-corrected chi connectivity index (χ4v) is 2.17. The zero-order valence-corrected chi connectivity index (χ0v) is 14.4. The molecule has 0 aromatic heterocycles. The summed E-state index contributed by atoms with van der Waals surface area (Å²) >= 11 is 5.93. The summed E-state index contributed by atoms with van der Waals surface area (Å²) in [4.78, 5) is 22.3. The molecule has 7 nitrogen and oxygen atoms in total. The van der Waals surface area contributed by atoms with Crippen LogP contribution in [0.1, 0.15) is 18.1 Å². The second-order valence-corrected chi connectivity index (χ2v) is 5.62. The summed E-state index contributed by atoms with van der Waals surface area (Å²) in [7, 11) is 0. The Bertz CT molecular complexity index is 836. The predicted octanol–water partition coefficient (Wildman–Crippen LogP) is 3.48. The van der Waals surface area contributed by atoms with Crippen LogP contribution in [0.15, 0.2) is 47.6 Å². The molecule has 2 rings (SSSR count). The number of nitrogens with one attached hydrogen (secondary N) is 1. The average Bonchev–Trinajstić information content (AvgIpc) is 2.59. The Labute approximate surface area is 149 Å². The van der Waals surface area contributed by atoms with Gasteiger partial charge in [-0.1, -0.05) is 35.9 Å². The molecule has 0 unspecified atom stereocenters. The smallest absolute Gasteiger partial charge is 0.277 e. The molecule has 0 radical (unpaired) electrons. The second kappa shape index (κ2) is 8.25. The molecule has 0 spiro atoms. The second-order valence-electron chi connectivity index (χ2n) is 5.21. The molecule has 0 aliphatic heterocycles. The molecule has 130 valence electrons. The number of benzene rings is 2. The monoisotopic (exact) mass is 361 g/mol. The van der Waals surface area contributed by atoms with Gasteiger partial charge >= 0.3 is 0 Å². The van der Waals surface area contributed by atoms with Gasteiger partial charge in [0.25, 0.3) is 11.6 Å². The van der Waals surface area contributed by atoms with Crippen LogP contribution >= 0.6 is 11.6 Å². The maximum atomic E-state index is 11.8. The number of ether oxygens (including phenoxy) is 1. The van der Waals surface area contributed by atoms with E-state index in [2.05, 4.69) is 10.5 Å². The number of nitro groups is 1. The molecule has 0 fully saturated rings. The van der Waals surface area contributed by atoms with Crippen molar-refractivity contribution in [2.45, 2.75) is 13.8 Å². The average molecular weight is 362 g/mol. The van der Waals surface area contributed by atoms with Crippen molar-refractivity contribution in [2.75, 3.05) is 6.61 Å². The van der Waals surface area contributed by atoms with E-state index < -0.39 is 10.8 Å². The van der Waals surface area contributed by atoms with E-state index in [1.807, 2.05) is 0 Å². The molecule has 0 saturated heterocycles. The van der Waals surface area contributed by atoms with Gasteiger partial charge in [-0.25, -0.2) is 5.43 Å². The van der Waals surface area contributed by atoms with E-state index >= 15 is 0 Å². The lowest BCUT2D eigenvalue weighted by Gasteiger charge is -2.07. The molecule has 0 heterocycles. The molecular weight excluding hydrogens is 346 g/mol. The highest BCUT2D eigenvalue weighted by molar-refractivity contribution is 6.32. The molecule has 0 aliphatic rings. The van der Waals surface area contributed by atoms with Crippen LogP contribution in [0.3, 0.4) is 0 Å². The number of carbonyl (C=O) groups is 1. The van der Waals surface area contributed by atoms with Crippen LogP contribution in [0.2, 0.25) is 5.02 Å². The number of carbonyl (C=O) groups excluding carboxylic acids is 1. The highest BCUT2D eigenvalue weighted by Gasteiger charge is 2.12. The van der Waals surface area contributed by atoms with Gasteiger partial charge in [-0.05, 0) is 26.0 Å². The van der Waals surface area contributed by atoms with E-state index in [4.69, 9.17) is 16.3 Å². The summed E-state index contributed by atoms with van der Waals surface area (Å²) < 4.78 is 5.30. The first-order valence-electron chi connectivity index (χ1n) is 7.34. The highest BCUT2D eigenvalue weighted by atomic mass is 35.5. The first kappa shape index (κ1) is 18.4. The summed E-state index contributed by atoms with van der Waals surface area (Å²) in [6.07, 6.45) is 0. The zero-order chi connectivity index (χ0) is 18.4. The maximum absolute atomic E-state index is 11.8. The predicted molar refractivity (Wildman–Crippen MR) is 95.1 cm³/mol. The van der Waals surface area contributed by atoms with Gasteiger partial charge in [0, 0.05) is 17.2 Å². The van der Waals surface area contributed by atoms with Crippen molar-refractivity contribution >= 4 is 28.9 Å². The Kier molecular flexibility index (Phi) is 6.08. The number of hydrazone groups is 1. The van der Waals surface area contributed by atoms with Gasteiger partial charge in [-0.15, -0.1) is 0 Å². The third-order valence-electron chi connectivity index (χ3n) is 3.37. The van der Waals surface area contributed by atoms with Crippen molar-refractivity contribution in [1.29, 1.82) is 0 Å². The maximum Gasteiger partial charge on any atom is 0.277 e. The molecule has 1 amide bonds. The van der Waals surface area contributed by atoms with Crippen LogP contribution < -0.4 is 10.2 Å². The van der Waals surface area contributed by atoms with E-state index in [0.717, 1.165) is 0 Å². The molecule has 0 aliphatic carbocycles. The van der Waals surface area contributed by atoms with Crippen LogP contribution in [0.4, 0.5) is 5.69 Å². The number of para-hydroxylation sites is 1. The van der Waals surface area contributed by atoms with Crippen molar-refractivity contribution in [3.8, 4) is 5.75 Å². The minimum absolute atomic E-state index is 0.000398. The number of nitro benzene ring substituents is 1. The topological polar surface area (TPSA) is 93.8 Å². The molecule has 8 heteroatoms. The fraction of sp³-hybridized carbons (Fsp3) is 0.176. The summed E-state index contributed by atoms with van der Waals surface area (Å²) in [5.74, 6) is -0.0740. The number of hydrogen-bond acceptors (Lipinski definition) is 5. The number of nitrogens with zero attached hydrogens (tertiary/aromatic N) is 2. The van der Waals surface area contributed by atoms with Crippen LogP contribution in [-0.4, -0.2) is 23.1 Å². The Morgan fingerprint density at radius 1 is 1.32 bits per heavy atom. The lowest BCUT2D eigenvalue weighted by molar-refractivity contribution is -0.385. The van der Waals surface area contributed by atoms with E-state index in [1.54, 1.807) is 50.2 Å². The zero-order valence-electron chi connectivity index (χ0n) is 13.7. The van der Waals surface area contributed by atoms with E-state index in [0.29, 0.717) is 27.6 Å². The summed E-state index contributed by atoms with van der Waals surface area (Å²) in [6.45, 7) is 3.04. The minimum atomic E-state index is -0.471. The third kappa shape index (κ3) is 5.02. The van der Waals surface area contributed by atoms with Gasteiger partial charge in [0.1, 0.15) is 5.75 Å². The van der Waals surface area contributed by atoms with Gasteiger partial charge in [-0.3, -0.25) is 14.9 Å². The van der Waals surface area contributed by atoms with Gasteiger partial charge < -0.3 is 4.74 Å². The Balaban J connectivity index is 1.99. The summed E-state index contributed by atoms with van der Waals surface area (Å²) in [5, 5.41) is 15.3. The first-order valence-corrected chi connectivity index (χ1v) is 7.72. The normalized spacial score (nSPS) is 11.1. The Morgan fingerprint density at radius 2 is 2.04 bits per heavy atom. The standard InChI is InChI=1S/C17H16ClN3O4/c1-11-7-8-13(9-15(11)21(23)24)12(2)19-20-17(22)10-25-16-6-4-3-5-14(16)18/h3-9H,10H2,1-2H3,(H,20,22)/b19-12-. The molecular formula is C17H16ClN3O4. The van der Waals surface area contributed by atoms with Gasteiger partial charge in [0.2, 0.25) is 0 Å². The molecule has 1 N–H and O–H groups in total. The number of aryl methyl sites for hydroxylation is 1. The molecule has 25 heavy (non-hydrogen) atoms. The van der Waals surface area contributed by atoms with Gasteiger partial charge in [0.15, 0.2) is 6.61 Å². The van der Waals surface area contributed by atoms with Crippen molar-refractivity contribution in [3.63, 3.8) is 0 Å². The number of amides is 1. The highest BCUT2D eigenvalue weighted by Crippen LogP contribution is 2.23. The number of rotatable bonds is 6. The van der Waals surface area contributed by atoms with Crippen molar-refractivity contribution in [2.24, 2.45) is 5.10 Å². The number of halogens is 1. The lowest BCUT2D eigenvalue weighted by Crippen LogP contribution is -2.25. The fourth-order valence-electron chi connectivity index (χ4n) is 1.98. The summed E-state index contributed by atoms with van der Waals surface area (Å²) in [5.41, 5.74) is 3.88. The molecule has 0 bridgehead atoms. The molecule has 2 aromatic rings. The largest absolute Gasteiger partial charge is 0.482 e. The SMILES string of the molecule is C/C(=N/NC(=O)COc1ccccc1Cl)c1ccc(C)c([N+](=O)[O-])c1. The Hall–Kier alpha value is -2.93. The van der Waals surface area contributed by atoms with E-state index in [1.165, 1.54) is 6.07 Å². The summed E-state index contributed by atoms with van der Waals surface area (Å²) in [6, 6.07) is 11.6. The molecule has 0 atom stereocenters. The Morgan fingerprint density at radius 3 is 2.72 bits per heavy atom. The first-order chi connectivity index (χ1) is 11.9. The van der Waals surface area contributed by atoms with Crippen LogP contribution in [0, 0.1) is 17.0 Å². The van der Waals surface area contributed by atoms with Gasteiger partial charge in [-0.2, -0.15) is 5.10 Å². The van der Waals surface area contributed by atoms with Crippen LogP contribution in [0.5, 0.6) is 5.75 Å². The van der Waals surface area contributed by atoms with Crippen LogP contribution in [-0.2, 0) is 4.79 Å². The van der Waals surface area contributed by atoms with Crippen molar-refractivity contribution < 1.29 is 14.5 Å². The third-order valence-corrected chi connectivity index (χ3v) is 3.68. The van der Waals surface area contributed by atoms with Crippen molar-refractivity contribution in [3.05, 3.63) is 68.7 Å². The number of hydrogen-bond donors (Lipinski definition) is 1. The molecule has 2 aromatic carbocycles. The minimum Gasteiger partial charge on any atom is -0.482 e. The van der Waals surface area contributed by atoms with E-state index in [-0.39, 0.29) is 12.3 Å². The van der Waals surface area contributed by atoms with Crippen LogP contribution in [0.25, 0.3) is 0 Å². The van der Waals surface area contributed by atoms with E-state index in [9.17, 15) is 14.9 Å². The quantitative estimate of drug-likeness (QED) is 0.484. The van der Waals surface area contributed by atoms with Crippen molar-refractivity contribution in [1.82, 2.24) is 5.43 Å². The van der Waals surface area contributed by atoms with Gasteiger partial charge in [0.05, 0.1) is 15.7 Å². The molecule has 0 saturated carbocycles.